The Morgan fingerprint density at radius 2 is 2.36 bits per heavy atom. The molecule has 14 heavy (non-hydrogen) atoms. The lowest BCUT2D eigenvalue weighted by Gasteiger charge is -2.39. The molecule has 0 bridgehead atoms. The van der Waals surface area contributed by atoms with Gasteiger partial charge in [0, 0.05) is 24.9 Å². The lowest BCUT2D eigenvalue weighted by atomic mass is 9.92. The summed E-state index contributed by atoms with van der Waals surface area (Å²) in [5, 5.41) is 0. The van der Waals surface area contributed by atoms with Crippen molar-refractivity contribution in [1.29, 1.82) is 0 Å². The Kier molecular flexibility index (Phi) is 1.66. The molecule has 1 fully saturated rings. The first kappa shape index (κ1) is 8.09. The average Bonchev–Trinajstić information content (AvgIpc) is 2.66. The van der Waals surface area contributed by atoms with Gasteiger partial charge in [-0.1, -0.05) is 0 Å². The molecule has 0 aliphatic carbocycles. The summed E-state index contributed by atoms with van der Waals surface area (Å²) in [6.07, 6.45) is 5.92. The lowest BCUT2D eigenvalue weighted by Crippen LogP contribution is -2.42. The van der Waals surface area contributed by atoms with Crippen LogP contribution in [0.5, 0.6) is 0 Å². The van der Waals surface area contributed by atoms with Crippen LogP contribution in [0.2, 0.25) is 0 Å². The highest BCUT2D eigenvalue weighted by Crippen LogP contribution is 2.35. The minimum atomic E-state index is 0.335. The molecule has 3 heteroatoms. The molecule has 74 valence electrons. The smallest absolute Gasteiger partial charge is 0.223 e. The Labute approximate surface area is 83.1 Å². The Hall–Kier alpha value is -1.25. The van der Waals surface area contributed by atoms with Crippen LogP contribution in [0.3, 0.4) is 0 Å². The van der Waals surface area contributed by atoms with Crippen molar-refractivity contribution in [2.75, 3.05) is 6.54 Å². The number of carbonyl (C=O) groups excluding carboxylic acids is 1. The molecular weight excluding hydrogens is 176 g/mol. The first-order chi connectivity index (χ1) is 6.86. The van der Waals surface area contributed by atoms with Crippen molar-refractivity contribution in [3.63, 3.8) is 0 Å². The van der Waals surface area contributed by atoms with Gasteiger partial charge in [0.1, 0.15) is 0 Å². The van der Waals surface area contributed by atoms with E-state index in [1.165, 1.54) is 11.3 Å². The molecule has 3 rings (SSSR count). The van der Waals surface area contributed by atoms with Gasteiger partial charge in [-0.25, -0.2) is 0 Å². The van der Waals surface area contributed by atoms with Crippen LogP contribution in [-0.4, -0.2) is 22.3 Å². The molecule has 2 aliphatic rings. The summed E-state index contributed by atoms with van der Waals surface area (Å²) >= 11 is 0. The van der Waals surface area contributed by atoms with Crippen LogP contribution in [0.4, 0.5) is 0 Å². The summed E-state index contributed by atoms with van der Waals surface area (Å²) in [7, 11) is 0. The fraction of sp³-hybridized carbons (Fsp3) is 0.545. The van der Waals surface area contributed by atoms with Gasteiger partial charge in [0.25, 0.3) is 0 Å². The lowest BCUT2D eigenvalue weighted by molar-refractivity contribution is -0.137. The van der Waals surface area contributed by atoms with E-state index in [9.17, 15) is 4.79 Å². The summed E-state index contributed by atoms with van der Waals surface area (Å²) in [6.45, 7) is 0.911. The van der Waals surface area contributed by atoms with Crippen molar-refractivity contribution >= 4 is 5.91 Å². The van der Waals surface area contributed by atoms with E-state index >= 15 is 0 Å². The zero-order valence-electron chi connectivity index (χ0n) is 8.12. The predicted molar refractivity (Wildman–Crippen MR) is 52.8 cm³/mol. The van der Waals surface area contributed by atoms with Gasteiger partial charge >= 0.3 is 0 Å². The monoisotopic (exact) mass is 190 g/mol. The number of fused-ring (bicyclic) bond motifs is 3. The molecule has 1 aromatic rings. The van der Waals surface area contributed by atoms with Crippen LogP contribution in [0, 0.1) is 0 Å². The zero-order chi connectivity index (χ0) is 9.54. The molecule has 1 aromatic heterocycles. The van der Waals surface area contributed by atoms with E-state index in [1.54, 1.807) is 0 Å². The fourth-order valence-electron chi connectivity index (χ4n) is 2.68. The number of hydrogen-bond donors (Lipinski definition) is 1. The Morgan fingerprint density at radius 3 is 3.29 bits per heavy atom. The molecular formula is C11H14N2O. The van der Waals surface area contributed by atoms with Crippen molar-refractivity contribution in [3.8, 4) is 0 Å². The van der Waals surface area contributed by atoms with Crippen LogP contribution >= 0.6 is 0 Å². The Morgan fingerprint density at radius 1 is 1.43 bits per heavy atom. The van der Waals surface area contributed by atoms with Gasteiger partial charge in [-0.15, -0.1) is 0 Å². The molecule has 1 amide bonds. The van der Waals surface area contributed by atoms with E-state index in [4.69, 9.17) is 0 Å². The molecule has 0 unspecified atom stereocenters. The number of nitrogens with zero attached hydrogens (tertiary/aromatic N) is 1. The molecule has 3 heterocycles. The number of aromatic nitrogens is 1. The van der Waals surface area contributed by atoms with Crippen LogP contribution < -0.4 is 0 Å². The van der Waals surface area contributed by atoms with Crippen LogP contribution in [0.1, 0.15) is 36.6 Å². The van der Waals surface area contributed by atoms with Gasteiger partial charge in [0.15, 0.2) is 0 Å². The highest BCUT2D eigenvalue weighted by atomic mass is 16.2. The van der Waals surface area contributed by atoms with E-state index in [1.807, 2.05) is 11.1 Å². The van der Waals surface area contributed by atoms with Gasteiger partial charge in [-0.3, -0.25) is 4.79 Å². The number of H-pyrrole nitrogens is 1. The third-order valence-corrected chi connectivity index (χ3v) is 3.39. The molecule has 1 N–H and O–H groups in total. The molecule has 0 radical (unpaired) electrons. The minimum absolute atomic E-state index is 0.335. The Balaban J connectivity index is 2.00. The third-order valence-electron chi connectivity index (χ3n) is 3.39. The summed E-state index contributed by atoms with van der Waals surface area (Å²) in [5.41, 5.74) is 2.69. The van der Waals surface area contributed by atoms with E-state index in [2.05, 4.69) is 11.1 Å². The van der Waals surface area contributed by atoms with Gasteiger partial charge in [-0.2, -0.15) is 0 Å². The largest absolute Gasteiger partial charge is 0.363 e. The fourth-order valence-corrected chi connectivity index (χ4v) is 2.68. The van der Waals surface area contributed by atoms with Crippen molar-refractivity contribution in [1.82, 2.24) is 9.88 Å². The second-order valence-corrected chi connectivity index (χ2v) is 4.16. The maximum atomic E-state index is 11.7. The summed E-state index contributed by atoms with van der Waals surface area (Å²) in [5.74, 6) is 0.335. The van der Waals surface area contributed by atoms with Crippen molar-refractivity contribution in [3.05, 3.63) is 23.5 Å². The average molecular weight is 190 g/mol. The van der Waals surface area contributed by atoms with Crippen LogP contribution in [-0.2, 0) is 11.2 Å². The maximum Gasteiger partial charge on any atom is 0.223 e. The zero-order valence-corrected chi connectivity index (χ0v) is 8.12. The number of amides is 1. The second-order valence-electron chi connectivity index (χ2n) is 4.16. The van der Waals surface area contributed by atoms with E-state index < -0.39 is 0 Å². The standard InChI is InChI=1S/C11H14N2O/c14-10-3-1-2-9-11-8(4-6-12-11)5-7-13(9)10/h4,6,9,12H,1-3,5,7H2/t9-/m1/s1. The molecule has 1 atom stereocenters. The van der Waals surface area contributed by atoms with E-state index in [0.29, 0.717) is 11.9 Å². The quantitative estimate of drug-likeness (QED) is 0.663. The van der Waals surface area contributed by atoms with Gasteiger partial charge in [0.05, 0.1) is 6.04 Å². The number of aromatic amines is 1. The number of hydrogen-bond acceptors (Lipinski definition) is 1. The van der Waals surface area contributed by atoms with E-state index in [-0.39, 0.29) is 0 Å². The van der Waals surface area contributed by atoms with Gasteiger partial charge in [-0.05, 0) is 30.9 Å². The highest BCUT2D eigenvalue weighted by Gasteiger charge is 2.33. The maximum absolute atomic E-state index is 11.7. The topological polar surface area (TPSA) is 36.1 Å². The SMILES string of the molecule is O=C1CCC[C@@H]2c3[nH]ccc3CCN12. The van der Waals surface area contributed by atoms with Crippen LogP contribution in [0.15, 0.2) is 12.3 Å². The van der Waals surface area contributed by atoms with Crippen molar-refractivity contribution in [2.45, 2.75) is 31.7 Å². The van der Waals surface area contributed by atoms with Crippen molar-refractivity contribution in [2.24, 2.45) is 0 Å². The molecule has 0 saturated carbocycles. The first-order valence-electron chi connectivity index (χ1n) is 5.32. The molecule has 0 spiro atoms. The number of piperidine rings is 1. The number of carbonyl (C=O) groups is 1. The van der Waals surface area contributed by atoms with Crippen LogP contribution in [0.25, 0.3) is 0 Å². The number of nitrogens with one attached hydrogen (secondary N) is 1. The normalized spacial score (nSPS) is 25.9. The van der Waals surface area contributed by atoms with Gasteiger partial charge in [0.2, 0.25) is 5.91 Å². The molecule has 2 aliphatic heterocycles. The number of rotatable bonds is 0. The second kappa shape index (κ2) is 2.87. The molecule has 0 aromatic carbocycles. The predicted octanol–water partition coefficient (Wildman–Crippen LogP) is 1.62. The summed E-state index contributed by atoms with van der Waals surface area (Å²) < 4.78 is 0. The van der Waals surface area contributed by atoms with Crippen molar-refractivity contribution < 1.29 is 4.79 Å². The van der Waals surface area contributed by atoms with Gasteiger partial charge < -0.3 is 9.88 Å². The molecule has 3 nitrogen and oxygen atoms in total. The summed E-state index contributed by atoms with van der Waals surface area (Å²) in [4.78, 5) is 17.0. The van der Waals surface area contributed by atoms with E-state index in [0.717, 1.165) is 32.2 Å². The third kappa shape index (κ3) is 1.01. The Bertz CT molecular complexity index is 369. The summed E-state index contributed by atoms with van der Waals surface area (Å²) in [6, 6.07) is 2.49. The first-order valence-corrected chi connectivity index (χ1v) is 5.32. The minimum Gasteiger partial charge on any atom is -0.363 e. The molecule has 1 saturated heterocycles. The highest BCUT2D eigenvalue weighted by molar-refractivity contribution is 5.77.